The van der Waals surface area contributed by atoms with Crippen molar-refractivity contribution < 1.29 is 32.8 Å². The molecule has 4 rings (SSSR count). The summed E-state index contributed by atoms with van der Waals surface area (Å²) >= 11 is 0. The van der Waals surface area contributed by atoms with Crippen LogP contribution in [0.15, 0.2) is 67.6 Å². The molecule has 210 valence electrons. The second-order valence-corrected chi connectivity index (χ2v) is 11.1. The van der Waals surface area contributed by atoms with E-state index in [2.05, 4.69) is 21.9 Å². The van der Waals surface area contributed by atoms with E-state index < -0.39 is 13.4 Å². The molecule has 0 saturated heterocycles. The quantitative estimate of drug-likeness (QED) is 0.180. The molecule has 0 aliphatic rings. The molecule has 11 nitrogen and oxygen atoms in total. The molecule has 0 spiro atoms. The summed E-state index contributed by atoms with van der Waals surface area (Å²) in [6, 6.07) is 10.9. The Labute approximate surface area is 232 Å². The number of nitrogens with zero attached hydrogens (tertiary/aromatic N) is 3. The van der Waals surface area contributed by atoms with E-state index in [1.54, 1.807) is 62.1 Å². The van der Waals surface area contributed by atoms with Gasteiger partial charge < -0.3 is 24.3 Å². The molecule has 0 aliphatic carbocycles. The number of carbonyl (C=O) groups is 1. The van der Waals surface area contributed by atoms with Gasteiger partial charge in [-0.25, -0.2) is 14.5 Å². The fourth-order valence-corrected chi connectivity index (χ4v) is 5.02. The number of benzene rings is 1. The van der Waals surface area contributed by atoms with Gasteiger partial charge in [0.25, 0.3) is 0 Å². The second kappa shape index (κ2) is 11.6. The van der Waals surface area contributed by atoms with Gasteiger partial charge in [0.15, 0.2) is 0 Å². The highest BCUT2D eigenvalue weighted by atomic mass is 31.2. The van der Waals surface area contributed by atoms with Gasteiger partial charge in [0.05, 0.1) is 19.8 Å². The molecule has 4 aromatic rings. The number of anilines is 1. The number of phosphoric ester groups is 1. The number of ether oxygens (including phenoxy) is 2. The fraction of sp³-hybridized carbons (Fsp3) is 0.250. The lowest BCUT2D eigenvalue weighted by Gasteiger charge is -2.22. The highest BCUT2D eigenvalue weighted by Gasteiger charge is 2.29. The van der Waals surface area contributed by atoms with Gasteiger partial charge in [0, 0.05) is 52.9 Å². The smallest absolute Gasteiger partial charge is 0.474 e. The molecule has 1 aromatic carbocycles. The summed E-state index contributed by atoms with van der Waals surface area (Å²) in [6.07, 6.45) is 6.24. The number of methoxy groups -OCH3 is 2. The summed E-state index contributed by atoms with van der Waals surface area (Å²) in [5, 5.41) is 3.49. The van der Waals surface area contributed by atoms with Gasteiger partial charge in [-0.2, -0.15) is 0 Å². The number of amides is 1. The Morgan fingerprint density at radius 3 is 2.55 bits per heavy atom. The van der Waals surface area contributed by atoms with Gasteiger partial charge in [-0.05, 0) is 62.2 Å². The molecule has 3 aromatic heterocycles. The first-order chi connectivity index (χ1) is 18.9. The van der Waals surface area contributed by atoms with Crippen molar-refractivity contribution >= 4 is 30.5 Å². The largest absolute Gasteiger partial charge is 0.497 e. The minimum absolute atomic E-state index is 0.286. The Bertz CT molecular complexity index is 1610. The van der Waals surface area contributed by atoms with Crippen molar-refractivity contribution in [1.29, 1.82) is 0 Å². The van der Waals surface area contributed by atoms with Crippen LogP contribution in [0.25, 0.3) is 33.3 Å². The van der Waals surface area contributed by atoms with Crippen LogP contribution in [0.3, 0.4) is 0 Å². The maximum absolute atomic E-state index is 12.5. The van der Waals surface area contributed by atoms with Gasteiger partial charge in [0.2, 0.25) is 11.8 Å². The van der Waals surface area contributed by atoms with Gasteiger partial charge in [0.1, 0.15) is 18.1 Å². The molecule has 40 heavy (non-hydrogen) atoms. The van der Waals surface area contributed by atoms with Crippen LogP contribution in [0, 0.1) is 0 Å². The zero-order valence-corrected chi connectivity index (χ0v) is 23.8. The number of aromatic nitrogens is 3. The van der Waals surface area contributed by atoms with Gasteiger partial charge >= 0.3 is 7.82 Å². The predicted molar refractivity (Wildman–Crippen MR) is 152 cm³/mol. The normalized spacial score (nSPS) is 13.1. The third-order valence-electron chi connectivity index (χ3n) is 5.65. The average Bonchev–Trinajstić information content (AvgIpc) is 3.28. The van der Waals surface area contributed by atoms with E-state index in [-0.39, 0.29) is 12.6 Å². The highest BCUT2D eigenvalue weighted by molar-refractivity contribution is 7.47. The molecule has 0 saturated carbocycles. The molecule has 0 aliphatic heterocycles. The van der Waals surface area contributed by atoms with Crippen molar-refractivity contribution in [2.45, 2.75) is 33.1 Å². The van der Waals surface area contributed by atoms with Crippen LogP contribution in [-0.2, 0) is 25.1 Å². The van der Waals surface area contributed by atoms with Gasteiger partial charge in [-0.15, -0.1) is 0 Å². The molecule has 2 N–H and O–H groups in total. The molecule has 12 heteroatoms. The summed E-state index contributed by atoms with van der Waals surface area (Å²) in [6.45, 7) is 8.19. The van der Waals surface area contributed by atoms with Crippen molar-refractivity contribution in [2.24, 2.45) is 0 Å². The number of hydrogen-bond donors (Lipinski definition) is 2. The molecule has 1 amide bonds. The molecule has 1 atom stereocenters. The summed E-state index contributed by atoms with van der Waals surface area (Å²) < 4.78 is 35.4. The lowest BCUT2D eigenvalue weighted by Crippen LogP contribution is -2.18. The third kappa shape index (κ3) is 6.94. The topological polar surface area (TPSA) is 134 Å². The molecule has 0 fully saturated rings. The van der Waals surface area contributed by atoms with E-state index in [0.717, 1.165) is 27.6 Å². The van der Waals surface area contributed by atoms with Crippen LogP contribution < -0.4 is 14.8 Å². The van der Waals surface area contributed by atoms with Crippen LogP contribution in [0.2, 0.25) is 0 Å². The Kier molecular flexibility index (Phi) is 8.41. The van der Waals surface area contributed by atoms with Crippen LogP contribution in [0.1, 0.15) is 20.8 Å². The lowest BCUT2D eigenvalue weighted by atomic mass is 10.0. The maximum atomic E-state index is 12.5. The van der Waals surface area contributed by atoms with Crippen LogP contribution in [0.5, 0.6) is 11.6 Å². The Morgan fingerprint density at radius 1 is 1.10 bits per heavy atom. The minimum atomic E-state index is -4.35. The van der Waals surface area contributed by atoms with Crippen LogP contribution in [-0.4, -0.2) is 45.2 Å². The number of rotatable bonds is 10. The minimum Gasteiger partial charge on any atom is -0.497 e. The van der Waals surface area contributed by atoms with Crippen molar-refractivity contribution in [3.05, 3.63) is 67.6 Å². The first-order valence-corrected chi connectivity index (χ1v) is 13.7. The molecule has 0 radical (unpaired) electrons. The summed E-state index contributed by atoms with van der Waals surface area (Å²) in [5.41, 5.74) is 3.20. The van der Waals surface area contributed by atoms with E-state index in [4.69, 9.17) is 18.5 Å². The molecular weight excluding hydrogens is 535 g/mol. The van der Waals surface area contributed by atoms with E-state index in [0.29, 0.717) is 23.0 Å². The van der Waals surface area contributed by atoms with E-state index >= 15 is 0 Å². The lowest BCUT2D eigenvalue weighted by molar-refractivity contribution is -0.111. The van der Waals surface area contributed by atoms with Crippen LogP contribution >= 0.6 is 7.82 Å². The fourth-order valence-electron chi connectivity index (χ4n) is 4.00. The first kappa shape index (κ1) is 29.0. The predicted octanol–water partition coefficient (Wildman–Crippen LogP) is 5.80. The zero-order chi connectivity index (χ0) is 29.1. The highest BCUT2D eigenvalue weighted by Crippen LogP contribution is 2.48. The van der Waals surface area contributed by atoms with Crippen molar-refractivity contribution in [1.82, 2.24) is 14.5 Å². The number of fused-ring (bicyclic) bond motifs is 1. The number of nitrogens with one attached hydrogen (secondary N) is 1. The van der Waals surface area contributed by atoms with Gasteiger partial charge in [-0.1, -0.05) is 6.58 Å². The van der Waals surface area contributed by atoms with Crippen molar-refractivity contribution in [2.75, 3.05) is 19.5 Å². The SMILES string of the molecule is C=CC(=O)Nc1cc(OC)cc(-c2cnc3c(c2)c(-c2ccnc(OC)c2)cn3COP(=O)(O)OC(C)(C)C)c1. The van der Waals surface area contributed by atoms with Crippen LogP contribution in [0.4, 0.5) is 5.69 Å². The number of phosphoric acid groups is 1. The maximum Gasteiger partial charge on any atom is 0.474 e. The molecule has 1 unspecified atom stereocenters. The Balaban J connectivity index is 1.82. The first-order valence-electron chi connectivity index (χ1n) is 12.2. The zero-order valence-electron chi connectivity index (χ0n) is 22.9. The number of hydrogen-bond acceptors (Lipinski definition) is 8. The standard InChI is InChI=1S/C28H31N4O7P/c1-7-25(33)31-21-10-19(11-22(14-21)36-5)20-12-23-24(18-8-9-29-26(13-18)37-6)16-32(27(23)30-15-20)17-38-40(34,35)39-28(2,3)4/h7-16H,1,17H2,2-6H3,(H,31,33)(H,34,35). The Morgan fingerprint density at radius 2 is 1.88 bits per heavy atom. The summed E-state index contributed by atoms with van der Waals surface area (Å²) in [7, 11) is -1.28. The average molecular weight is 567 g/mol. The number of pyridine rings is 2. The second-order valence-electron chi connectivity index (χ2n) is 9.77. The van der Waals surface area contributed by atoms with Crippen molar-refractivity contribution in [3.8, 4) is 33.9 Å². The van der Waals surface area contributed by atoms with E-state index in [9.17, 15) is 14.3 Å². The molecular formula is C28H31N4O7P. The monoisotopic (exact) mass is 566 g/mol. The molecule has 0 bridgehead atoms. The third-order valence-corrected chi connectivity index (χ3v) is 6.87. The summed E-state index contributed by atoms with van der Waals surface area (Å²) in [4.78, 5) is 31.0. The molecule has 3 heterocycles. The number of carbonyl (C=O) groups excluding carboxylic acids is 1. The van der Waals surface area contributed by atoms with E-state index in [1.807, 2.05) is 18.2 Å². The van der Waals surface area contributed by atoms with E-state index in [1.165, 1.54) is 20.3 Å². The van der Waals surface area contributed by atoms with Crippen molar-refractivity contribution in [3.63, 3.8) is 0 Å². The Hall–Kier alpha value is -4.02. The van der Waals surface area contributed by atoms with Gasteiger partial charge in [-0.3, -0.25) is 13.8 Å². The summed E-state index contributed by atoms with van der Waals surface area (Å²) in [5.74, 6) is 0.613.